The normalized spacial score (nSPS) is 12.7. The van der Waals surface area contributed by atoms with Gasteiger partial charge in [-0.15, -0.1) is 11.3 Å². The summed E-state index contributed by atoms with van der Waals surface area (Å²) in [5.41, 5.74) is 0.926. The van der Waals surface area contributed by atoms with Gasteiger partial charge in [0.25, 0.3) is 0 Å². The minimum Gasteiger partial charge on any atom is -0.312 e. The lowest BCUT2D eigenvalue weighted by molar-refractivity contribution is 0.662. The first-order valence-corrected chi connectivity index (χ1v) is 6.77. The number of aromatic nitrogens is 1. The Labute approximate surface area is 115 Å². The predicted molar refractivity (Wildman–Crippen MR) is 75.0 cm³/mol. The van der Waals surface area contributed by atoms with Crippen molar-refractivity contribution in [2.24, 2.45) is 0 Å². The lowest BCUT2D eigenvalue weighted by atomic mass is 10.2. The third kappa shape index (κ3) is 2.80. The second-order valence-corrected chi connectivity index (χ2v) is 5.61. The molecule has 5 heteroatoms. The quantitative estimate of drug-likeness (QED) is 0.905. The van der Waals surface area contributed by atoms with Crippen LogP contribution in [-0.2, 0) is 0 Å². The lowest BCUT2D eigenvalue weighted by Crippen LogP contribution is -2.10. The average molecular weight is 287 g/mol. The zero-order valence-electron chi connectivity index (χ0n) is 9.50. The summed E-state index contributed by atoms with van der Waals surface area (Å²) in [4.78, 5) is 5.59. The molecule has 17 heavy (non-hydrogen) atoms. The highest BCUT2D eigenvalue weighted by Gasteiger charge is 2.11. The van der Waals surface area contributed by atoms with Gasteiger partial charge in [-0.05, 0) is 32.2 Å². The molecule has 0 bridgehead atoms. The largest absolute Gasteiger partial charge is 0.312 e. The van der Waals surface area contributed by atoms with Gasteiger partial charge in [0.2, 0.25) is 0 Å². The zero-order chi connectivity index (χ0) is 12.4. The van der Waals surface area contributed by atoms with Crippen molar-refractivity contribution in [1.29, 1.82) is 0 Å². The Kier molecular flexibility index (Phi) is 4.05. The predicted octanol–water partition coefficient (Wildman–Crippen LogP) is 4.40. The van der Waals surface area contributed by atoms with Gasteiger partial charge < -0.3 is 5.32 Å². The second kappa shape index (κ2) is 5.36. The molecule has 0 fully saturated rings. The molecule has 0 saturated carbocycles. The molecule has 0 spiro atoms. The van der Waals surface area contributed by atoms with Crippen molar-refractivity contribution in [3.63, 3.8) is 0 Å². The van der Waals surface area contributed by atoms with Crippen LogP contribution in [0.2, 0.25) is 10.0 Å². The van der Waals surface area contributed by atoms with Crippen molar-refractivity contribution in [1.82, 2.24) is 10.3 Å². The number of halogens is 2. The van der Waals surface area contributed by atoms with Crippen molar-refractivity contribution in [2.75, 3.05) is 7.05 Å². The van der Waals surface area contributed by atoms with E-state index in [9.17, 15) is 0 Å². The van der Waals surface area contributed by atoms with Crippen LogP contribution in [0, 0.1) is 0 Å². The molecular weight excluding hydrogens is 275 g/mol. The Balaban J connectivity index is 2.37. The number of hydrogen-bond donors (Lipinski definition) is 1. The molecule has 1 heterocycles. The Morgan fingerprint density at radius 1 is 1.35 bits per heavy atom. The van der Waals surface area contributed by atoms with Crippen LogP contribution in [0.3, 0.4) is 0 Å². The Morgan fingerprint density at radius 2 is 2.12 bits per heavy atom. The molecule has 0 amide bonds. The van der Waals surface area contributed by atoms with E-state index in [4.69, 9.17) is 23.2 Å². The summed E-state index contributed by atoms with van der Waals surface area (Å²) in [6, 6.07) is 5.76. The van der Waals surface area contributed by atoms with Gasteiger partial charge in [-0.25, -0.2) is 4.98 Å². The van der Waals surface area contributed by atoms with Gasteiger partial charge in [-0.1, -0.05) is 23.2 Å². The SMILES string of the molecule is CNC(C)c1cnc(-c2ccc(Cl)cc2Cl)s1. The minimum atomic E-state index is 0.298. The van der Waals surface area contributed by atoms with Crippen LogP contribution in [0.4, 0.5) is 0 Å². The number of nitrogens with one attached hydrogen (secondary N) is 1. The maximum absolute atomic E-state index is 6.15. The van der Waals surface area contributed by atoms with Crippen LogP contribution < -0.4 is 5.32 Å². The number of rotatable bonds is 3. The monoisotopic (exact) mass is 286 g/mol. The molecule has 0 saturated heterocycles. The van der Waals surface area contributed by atoms with E-state index in [1.807, 2.05) is 25.4 Å². The first kappa shape index (κ1) is 12.8. The summed E-state index contributed by atoms with van der Waals surface area (Å²) in [6.07, 6.45) is 1.88. The smallest absolute Gasteiger partial charge is 0.125 e. The maximum atomic E-state index is 6.15. The van der Waals surface area contributed by atoms with Gasteiger partial charge in [0.05, 0.1) is 5.02 Å². The van der Waals surface area contributed by atoms with Crippen LogP contribution >= 0.6 is 34.5 Å². The molecule has 90 valence electrons. The van der Waals surface area contributed by atoms with E-state index in [1.54, 1.807) is 17.4 Å². The third-order valence-electron chi connectivity index (χ3n) is 2.54. The number of thiazole rings is 1. The summed E-state index contributed by atoms with van der Waals surface area (Å²) in [7, 11) is 1.93. The first-order chi connectivity index (χ1) is 8.11. The summed E-state index contributed by atoms with van der Waals surface area (Å²) >= 11 is 13.7. The summed E-state index contributed by atoms with van der Waals surface area (Å²) in [5, 5.41) is 5.38. The number of hydrogen-bond acceptors (Lipinski definition) is 3. The number of nitrogens with zero attached hydrogens (tertiary/aromatic N) is 1. The Morgan fingerprint density at radius 3 is 2.76 bits per heavy atom. The molecule has 1 unspecified atom stereocenters. The molecule has 2 rings (SSSR count). The summed E-state index contributed by atoms with van der Waals surface area (Å²) in [5.74, 6) is 0. The number of benzene rings is 1. The van der Waals surface area contributed by atoms with Crippen molar-refractivity contribution < 1.29 is 0 Å². The molecular formula is C12H12Cl2N2S. The van der Waals surface area contributed by atoms with E-state index in [1.165, 1.54) is 4.88 Å². The van der Waals surface area contributed by atoms with E-state index in [-0.39, 0.29) is 0 Å². The van der Waals surface area contributed by atoms with Gasteiger partial charge in [-0.3, -0.25) is 0 Å². The standard InChI is InChI=1S/C12H12Cl2N2S/c1-7(15-2)11-6-16-12(17-11)9-4-3-8(13)5-10(9)14/h3-7,15H,1-2H3. The molecule has 0 aliphatic heterocycles. The molecule has 1 N–H and O–H groups in total. The van der Waals surface area contributed by atoms with Crippen LogP contribution in [0.25, 0.3) is 10.6 Å². The zero-order valence-corrected chi connectivity index (χ0v) is 11.8. The minimum absolute atomic E-state index is 0.298. The van der Waals surface area contributed by atoms with Crippen molar-refractivity contribution in [3.05, 3.63) is 39.3 Å². The molecule has 2 nitrogen and oxygen atoms in total. The summed E-state index contributed by atoms with van der Waals surface area (Å²) < 4.78 is 0. The van der Waals surface area contributed by atoms with Crippen LogP contribution in [0.5, 0.6) is 0 Å². The fourth-order valence-corrected chi connectivity index (χ4v) is 2.99. The van der Waals surface area contributed by atoms with Gasteiger partial charge in [0, 0.05) is 27.7 Å². The highest BCUT2D eigenvalue weighted by atomic mass is 35.5. The van der Waals surface area contributed by atoms with Gasteiger partial charge in [-0.2, -0.15) is 0 Å². The van der Waals surface area contributed by atoms with E-state index in [0.29, 0.717) is 16.1 Å². The van der Waals surface area contributed by atoms with E-state index < -0.39 is 0 Å². The van der Waals surface area contributed by atoms with Gasteiger partial charge in [0.1, 0.15) is 5.01 Å². The molecule has 2 aromatic rings. The molecule has 0 aliphatic carbocycles. The maximum Gasteiger partial charge on any atom is 0.125 e. The van der Waals surface area contributed by atoms with Crippen molar-refractivity contribution in [2.45, 2.75) is 13.0 Å². The second-order valence-electron chi connectivity index (χ2n) is 3.70. The van der Waals surface area contributed by atoms with E-state index >= 15 is 0 Å². The summed E-state index contributed by atoms with van der Waals surface area (Å²) in [6.45, 7) is 2.10. The average Bonchev–Trinajstić information content (AvgIpc) is 2.77. The fraction of sp³-hybridized carbons (Fsp3) is 0.250. The highest BCUT2D eigenvalue weighted by molar-refractivity contribution is 7.15. The molecule has 0 aliphatic rings. The van der Waals surface area contributed by atoms with E-state index in [2.05, 4.69) is 17.2 Å². The van der Waals surface area contributed by atoms with Crippen molar-refractivity contribution in [3.8, 4) is 10.6 Å². The van der Waals surface area contributed by atoms with Gasteiger partial charge >= 0.3 is 0 Å². The third-order valence-corrected chi connectivity index (χ3v) is 4.31. The van der Waals surface area contributed by atoms with E-state index in [0.717, 1.165) is 10.6 Å². The Hall–Kier alpha value is -0.610. The Bertz CT molecular complexity index is 525. The van der Waals surface area contributed by atoms with Gasteiger partial charge in [0.15, 0.2) is 0 Å². The first-order valence-electron chi connectivity index (χ1n) is 5.20. The topological polar surface area (TPSA) is 24.9 Å². The lowest BCUT2D eigenvalue weighted by Gasteiger charge is -2.05. The molecule has 0 radical (unpaired) electrons. The van der Waals surface area contributed by atoms with Crippen molar-refractivity contribution >= 4 is 34.5 Å². The highest BCUT2D eigenvalue weighted by Crippen LogP contribution is 2.34. The molecule has 1 atom stereocenters. The van der Waals surface area contributed by atoms with Crippen LogP contribution in [0.1, 0.15) is 17.8 Å². The molecule has 1 aromatic carbocycles. The fourth-order valence-electron chi connectivity index (χ4n) is 1.42. The molecule has 1 aromatic heterocycles. The van der Waals surface area contributed by atoms with Crippen LogP contribution in [-0.4, -0.2) is 12.0 Å². The van der Waals surface area contributed by atoms with Crippen LogP contribution in [0.15, 0.2) is 24.4 Å².